The number of rotatable bonds is 5. The number of ketones is 1. The van der Waals surface area contributed by atoms with Crippen LogP contribution >= 0.6 is 0 Å². The summed E-state index contributed by atoms with van der Waals surface area (Å²) in [6.07, 6.45) is 0. The van der Waals surface area contributed by atoms with Crippen LogP contribution in [0.5, 0.6) is 0 Å². The largest absolute Gasteiger partial charge is 0.379 e. The van der Waals surface area contributed by atoms with Gasteiger partial charge in [-0.1, -0.05) is 36.4 Å². The quantitative estimate of drug-likeness (QED) is 0.514. The van der Waals surface area contributed by atoms with E-state index in [1.165, 1.54) is 12.1 Å². The molecule has 0 aliphatic carbocycles. The first-order chi connectivity index (χ1) is 9.65. The number of benzene rings is 2. The van der Waals surface area contributed by atoms with Gasteiger partial charge in [-0.2, -0.15) is 0 Å². The molecule has 5 nitrogen and oxygen atoms in total. The summed E-state index contributed by atoms with van der Waals surface area (Å²) in [6.45, 7) is 2.33. The Balaban J connectivity index is 2.53. The number of nitrogens with zero attached hydrogens (tertiary/aromatic N) is 1. The van der Waals surface area contributed by atoms with Gasteiger partial charge in [0.2, 0.25) is 0 Å². The Bertz CT molecular complexity index is 639. The maximum absolute atomic E-state index is 12.5. The summed E-state index contributed by atoms with van der Waals surface area (Å²) in [5.41, 5.74) is 1.00. The Morgan fingerprint density at radius 3 is 2.45 bits per heavy atom. The zero-order chi connectivity index (χ0) is 14.5. The van der Waals surface area contributed by atoms with Crippen LogP contribution in [0.15, 0.2) is 48.5 Å². The van der Waals surface area contributed by atoms with Gasteiger partial charge in [0.05, 0.1) is 10.5 Å². The highest BCUT2D eigenvalue weighted by Crippen LogP contribution is 2.29. The van der Waals surface area contributed by atoms with Crippen molar-refractivity contribution in [2.45, 2.75) is 6.92 Å². The van der Waals surface area contributed by atoms with E-state index in [2.05, 4.69) is 5.32 Å². The van der Waals surface area contributed by atoms with Gasteiger partial charge in [-0.3, -0.25) is 14.9 Å². The van der Waals surface area contributed by atoms with Gasteiger partial charge in [-0.15, -0.1) is 0 Å². The first kappa shape index (κ1) is 13.7. The van der Waals surface area contributed by atoms with E-state index in [1.54, 1.807) is 30.3 Å². The lowest BCUT2D eigenvalue weighted by Crippen LogP contribution is -2.09. The summed E-state index contributed by atoms with van der Waals surface area (Å²) < 4.78 is 0. The number of nitro groups is 1. The normalized spacial score (nSPS) is 10.1. The Morgan fingerprint density at radius 2 is 1.85 bits per heavy atom. The van der Waals surface area contributed by atoms with Crippen LogP contribution in [0.2, 0.25) is 0 Å². The predicted molar refractivity (Wildman–Crippen MR) is 77.1 cm³/mol. The van der Waals surface area contributed by atoms with Gasteiger partial charge in [0.1, 0.15) is 5.69 Å². The molecule has 0 spiro atoms. The average Bonchev–Trinajstić information content (AvgIpc) is 2.47. The van der Waals surface area contributed by atoms with E-state index in [-0.39, 0.29) is 17.2 Å². The number of nitro benzene ring substituents is 1. The molecule has 0 saturated heterocycles. The van der Waals surface area contributed by atoms with Crippen molar-refractivity contribution >= 4 is 17.2 Å². The Labute approximate surface area is 116 Å². The number of nitrogens with one attached hydrogen (secondary N) is 1. The fourth-order valence-corrected chi connectivity index (χ4v) is 1.99. The smallest absolute Gasteiger partial charge is 0.293 e. The van der Waals surface area contributed by atoms with Gasteiger partial charge in [0.25, 0.3) is 5.69 Å². The van der Waals surface area contributed by atoms with Crippen molar-refractivity contribution in [1.82, 2.24) is 0 Å². The molecule has 2 rings (SSSR count). The third-order valence-electron chi connectivity index (χ3n) is 2.87. The summed E-state index contributed by atoms with van der Waals surface area (Å²) >= 11 is 0. The maximum atomic E-state index is 12.5. The summed E-state index contributed by atoms with van der Waals surface area (Å²) in [5, 5.41) is 14.0. The molecule has 5 heteroatoms. The summed E-state index contributed by atoms with van der Waals surface area (Å²) in [7, 11) is 0. The number of anilines is 1. The molecule has 102 valence electrons. The topological polar surface area (TPSA) is 72.2 Å². The van der Waals surface area contributed by atoms with Crippen LogP contribution in [-0.2, 0) is 0 Å². The van der Waals surface area contributed by atoms with E-state index < -0.39 is 4.92 Å². The van der Waals surface area contributed by atoms with Crippen LogP contribution in [0.1, 0.15) is 22.8 Å². The molecule has 0 aliphatic heterocycles. The lowest BCUT2D eigenvalue weighted by atomic mass is 10.0. The van der Waals surface area contributed by atoms with E-state index in [0.29, 0.717) is 17.7 Å². The summed E-state index contributed by atoms with van der Waals surface area (Å²) in [5.74, 6) is -0.231. The molecule has 2 aromatic carbocycles. The standard InChI is InChI=1S/C15H14N2O3/c1-2-16-14-12(9-6-10-13(14)17(19)20)15(18)11-7-4-3-5-8-11/h3-10,16H,2H2,1H3. The molecule has 2 aromatic rings. The zero-order valence-corrected chi connectivity index (χ0v) is 11.0. The zero-order valence-electron chi connectivity index (χ0n) is 11.0. The van der Waals surface area contributed by atoms with Gasteiger partial charge in [-0.25, -0.2) is 0 Å². The van der Waals surface area contributed by atoms with E-state index in [0.717, 1.165) is 0 Å². The lowest BCUT2D eigenvalue weighted by Gasteiger charge is -2.10. The molecule has 0 aliphatic rings. The molecule has 20 heavy (non-hydrogen) atoms. The maximum Gasteiger partial charge on any atom is 0.293 e. The number of carbonyl (C=O) groups excluding carboxylic acids is 1. The molecular formula is C15H14N2O3. The highest BCUT2D eigenvalue weighted by molar-refractivity contribution is 6.13. The highest BCUT2D eigenvalue weighted by atomic mass is 16.6. The fourth-order valence-electron chi connectivity index (χ4n) is 1.99. The molecule has 1 N–H and O–H groups in total. The Morgan fingerprint density at radius 1 is 1.15 bits per heavy atom. The van der Waals surface area contributed by atoms with E-state index in [9.17, 15) is 14.9 Å². The number of hydrogen-bond donors (Lipinski definition) is 1. The van der Waals surface area contributed by atoms with Crippen LogP contribution < -0.4 is 5.32 Å². The molecule has 0 heterocycles. The minimum Gasteiger partial charge on any atom is -0.379 e. The number of carbonyl (C=O) groups is 1. The third-order valence-corrected chi connectivity index (χ3v) is 2.87. The van der Waals surface area contributed by atoms with Gasteiger partial charge in [-0.05, 0) is 13.0 Å². The van der Waals surface area contributed by atoms with Crippen molar-refractivity contribution < 1.29 is 9.72 Å². The first-order valence-corrected chi connectivity index (χ1v) is 6.26. The van der Waals surface area contributed by atoms with Crippen molar-refractivity contribution in [1.29, 1.82) is 0 Å². The van der Waals surface area contributed by atoms with Crippen LogP contribution in [0.25, 0.3) is 0 Å². The van der Waals surface area contributed by atoms with Gasteiger partial charge >= 0.3 is 0 Å². The van der Waals surface area contributed by atoms with Gasteiger partial charge in [0, 0.05) is 18.2 Å². The van der Waals surface area contributed by atoms with E-state index >= 15 is 0 Å². The molecule has 0 bridgehead atoms. The van der Waals surface area contributed by atoms with Crippen molar-refractivity contribution in [3.05, 3.63) is 69.8 Å². The van der Waals surface area contributed by atoms with Crippen molar-refractivity contribution in [3.63, 3.8) is 0 Å². The second kappa shape index (κ2) is 5.97. The molecule has 0 unspecified atom stereocenters. The minimum atomic E-state index is -0.486. The second-order valence-electron chi connectivity index (χ2n) is 4.18. The molecule has 0 radical (unpaired) electrons. The Kier molecular flexibility index (Phi) is 4.10. The summed E-state index contributed by atoms with van der Waals surface area (Å²) in [4.78, 5) is 23.0. The van der Waals surface area contributed by atoms with Gasteiger partial charge in [0.15, 0.2) is 5.78 Å². The molecular weight excluding hydrogens is 256 g/mol. The number of para-hydroxylation sites is 1. The molecule has 0 amide bonds. The van der Waals surface area contributed by atoms with E-state index in [4.69, 9.17) is 0 Å². The summed E-state index contributed by atoms with van der Waals surface area (Å²) in [6, 6.07) is 13.2. The SMILES string of the molecule is CCNc1c(C(=O)c2ccccc2)cccc1[N+](=O)[O-]. The van der Waals surface area contributed by atoms with Crippen molar-refractivity contribution in [2.75, 3.05) is 11.9 Å². The third kappa shape index (κ3) is 2.66. The lowest BCUT2D eigenvalue weighted by molar-refractivity contribution is -0.384. The predicted octanol–water partition coefficient (Wildman–Crippen LogP) is 3.26. The molecule has 0 atom stereocenters. The van der Waals surface area contributed by atoms with Crippen LogP contribution in [-0.4, -0.2) is 17.3 Å². The van der Waals surface area contributed by atoms with Crippen molar-refractivity contribution in [3.8, 4) is 0 Å². The van der Waals surface area contributed by atoms with Crippen LogP contribution in [0.4, 0.5) is 11.4 Å². The second-order valence-corrected chi connectivity index (χ2v) is 4.18. The number of hydrogen-bond acceptors (Lipinski definition) is 4. The average molecular weight is 270 g/mol. The monoisotopic (exact) mass is 270 g/mol. The highest BCUT2D eigenvalue weighted by Gasteiger charge is 2.21. The first-order valence-electron chi connectivity index (χ1n) is 6.26. The Hall–Kier alpha value is -2.69. The van der Waals surface area contributed by atoms with Gasteiger partial charge < -0.3 is 5.32 Å². The molecule has 0 saturated carbocycles. The fraction of sp³-hybridized carbons (Fsp3) is 0.133. The van der Waals surface area contributed by atoms with Crippen molar-refractivity contribution in [2.24, 2.45) is 0 Å². The van der Waals surface area contributed by atoms with Crippen LogP contribution in [0.3, 0.4) is 0 Å². The molecule has 0 fully saturated rings. The molecule has 0 aromatic heterocycles. The van der Waals surface area contributed by atoms with E-state index in [1.807, 2.05) is 13.0 Å². The van der Waals surface area contributed by atoms with Crippen LogP contribution in [0, 0.1) is 10.1 Å². The minimum absolute atomic E-state index is 0.0892.